The summed E-state index contributed by atoms with van der Waals surface area (Å²) in [6.07, 6.45) is 0. The zero-order valence-electron chi connectivity index (χ0n) is 14.4. The maximum atomic E-state index is 12.7. The van der Waals surface area contributed by atoms with Crippen LogP contribution in [0.15, 0.2) is 41.3 Å². The highest BCUT2D eigenvalue weighted by Crippen LogP contribution is 2.38. The third-order valence-electron chi connectivity index (χ3n) is 4.12. The molecule has 0 radical (unpaired) electrons. The number of carbonyl (C=O) groups is 1. The van der Waals surface area contributed by atoms with Crippen LogP contribution in [0.25, 0.3) is 10.2 Å². The van der Waals surface area contributed by atoms with Crippen LogP contribution in [0.4, 0.5) is 5.13 Å². The van der Waals surface area contributed by atoms with E-state index in [-0.39, 0.29) is 16.2 Å². The number of fused-ring (bicyclic) bond motifs is 2. The number of sulfone groups is 1. The first-order valence-corrected chi connectivity index (χ1v) is 10.8. The molecule has 1 N–H and O–H groups in total. The van der Waals surface area contributed by atoms with E-state index in [0.29, 0.717) is 35.4 Å². The van der Waals surface area contributed by atoms with Gasteiger partial charge in [0.05, 0.1) is 26.4 Å². The number of carbonyl (C=O) groups excluding carboxylic acids is 1. The summed E-state index contributed by atoms with van der Waals surface area (Å²) in [4.78, 5) is 17.1. The van der Waals surface area contributed by atoms with E-state index in [1.807, 2.05) is 6.07 Å². The number of aromatic nitrogens is 1. The summed E-state index contributed by atoms with van der Waals surface area (Å²) in [6, 6.07) is 9.75. The van der Waals surface area contributed by atoms with E-state index in [9.17, 15) is 13.2 Å². The zero-order chi connectivity index (χ0) is 19.0. The Labute approximate surface area is 159 Å². The minimum atomic E-state index is -3.51. The van der Waals surface area contributed by atoms with E-state index < -0.39 is 15.7 Å². The van der Waals surface area contributed by atoms with Crippen LogP contribution in [0.5, 0.6) is 11.5 Å². The van der Waals surface area contributed by atoms with Gasteiger partial charge in [-0.2, -0.15) is 0 Å². The Hall–Kier alpha value is -2.65. The fraction of sp³-hybridized carbons (Fsp3) is 0.222. The maximum absolute atomic E-state index is 12.7. The lowest BCUT2D eigenvalue weighted by Crippen LogP contribution is -2.17. The smallest absolute Gasteiger partial charge is 0.258 e. The van der Waals surface area contributed by atoms with Crippen LogP contribution in [0.3, 0.4) is 0 Å². The van der Waals surface area contributed by atoms with Crippen LogP contribution in [0.1, 0.15) is 17.3 Å². The average Bonchev–Trinajstić information content (AvgIpc) is 3.06. The van der Waals surface area contributed by atoms with Crippen molar-refractivity contribution in [3.63, 3.8) is 0 Å². The molecule has 3 aromatic rings. The predicted octanol–water partition coefficient (Wildman–Crippen LogP) is 3.11. The van der Waals surface area contributed by atoms with E-state index in [0.717, 1.165) is 4.70 Å². The van der Waals surface area contributed by atoms with Crippen molar-refractivity contribution in [2.45, 2.75) is 11.8 Å². The largest absolute Gasteiger partial charge is 0.486 e. The second kappa shape index (κ2) is 6.82. The first kappa shape index (κ1) is 17.7. The maximum Gasteiger partial charge on any atom is 0.258 e. The zero-order valence-corrected chi connectivity index (χ0v) is 16.0. The minimum absolute atomic E-state index is 0.0170. The monoisotopic (exact) mass is 404 g/mol. The molecule has 1 aliphatic heterocycles. The molecule has 2 heterocycles. The molecule has 2 aromatic carbocycles. The molecule has 0 atom stereocenters. The fourth-order valence-electron chi connectivity index (χ4n) is 2.76. The van der Waals surface area contributed by atoms with Gasteiger partial charge in [0.15, 0.2) is 26.5 Å². The van der Waals surface area contributed by atoms with Crippen LogP contribution >= 0.6 is 11.3 Å². The van der Waals surface area contributed by atoms with Gasteiger partial charge in [0.2, 0.25) is 0 Å². The Bertz CT molecular complexity index is 1090. The van der Waals surface area contributed by atoms with E-state index in [2.05, 4.69) is 10.3 Å². The number of hydrogen-bond acceptors (Lipinski definition) is 7. The van der Waals surface area contributed by atoms with Gasteiger partial charge in [-0.15, -0.1) is 0 Å². The number of benzene rings is 2. The van der Waals surface area contributed by atoms with Gasteiger partial charge in [-0.1, -0.05) is 30.4 Å². The van der Waals surface area contributed by atoms with Gasteiger partial charge < -0.3 is 9.47 Å². The highest BCUT2D eigenvalue weighted by atomic mass is 32.2. The fourth-order valence-corrected chi connectivity index (χ4v) is 4.73. The number of thiazole rings is 1. The highest BCUT2D eigenvalue weighted by Gasteiger charge is 2.22. The molecular weight excluding hydrogens is 388 g/mol. The molecule has 0 fully saturated rings. The molecule has 4 rings (SSSR count). The van der Waals surface area contributed by atoms with Crippen molar-refractivity contribution in [3.8, 4) is 11.5 Å². The molecular formula is C18H16N2O5S2. The SMILES string of the molecule is CCS(=O)(=O)c1ccccc1C(=O)Nc1nc2cc3c(cc2s1)OCCO3. The van der Waals surface area contributed by atoms with Crippen LogP contribution in [-0.2, 0) is 9.84 Å². The lowest BCUT2D eigenvalue weighted by molar-refractivity contribution is 0.102. The molecule has 7 nitrogen and oxygen atoms in total. The standard InChI is InChI=1S/C18H16N2O5S2/c1-2-27(22,23)16-6-4-3-5-11(16)17(21)20-18-19-12-9-13-14(10-15(12)26-18)25-8-7-24-13/h3-6,9-10H,2,7-8H2,1H3,(H,19,20,21). The summed E-state index contributed by atoms with van der Waals surface area (Å²) in [5.41, 5.74) is 0.776. The molecule has 140 valence electrons. The molecule has 27 heavy (non-hydrogen) atoms. The molecule has 1 amide bonds. The average molecular weight is 404 g/mol. The summed E-state index contributed by atoms with van der Waals surface area (Å²) in [5, 5.41) is 3.07. The second-order valence-corrected chi connectivity index (χ2v) is 9.11. The first-order chi connectivity index (χ1) is 13.0. The Kier molecular flexibility index (Phi) is 4.48. The normalized spacial score (nSPS) is 13.5. The van der Waals surface area contributed by atoms with Crippen LogP contribution in [0.2, 0.25) is 0 Å². The van der Waals surface area contributed by atoms with Crippen molar-refractivity contribution in [3.05, 3.63) is 42.0 Å². The Morgan fingerprint density at radius 3 is 2.63 bits per heavy atom. The third-order valence-corrected chi connectivity index (χ3v) is 6.84. The molecule has 9 heteroatoms. The third kappa shape index (κ3) is 3.35. The molecule has 0 aliphatic carbocycles. The summed E-state index contributed by atoms with van der Waals surface area (Å²) in [5.74, 6) is 0.675. The first-order valence-electron chi connectivity index (χ1n) is 8.31. The second-order valence-electron chi connectivity index (χ2n) is 5.84. The number of hydrogen-bond donors (Lipinski definition) is 1. The van der Waals surface area contributed by atoms with E-state index >= 15 is 0 Å². The van der Waals surface area contributed by atoms with Crippen LogP contribution < -0.4 is 14.8 Å². The van der Waals surface area contributed by atoms with Crippen molar-refractivity contribution in [2.75, 3.05) is 24.3 Å². The molecule has 0 unspecified atom stereocenters. The summed E-state index contributed by atoms with van der Waals surface area (Å²) < 4.78 is 36.4. The van der Waals surface area contributed by atoms with E-state index in [1.165, 1.54) is 23.5 Å². The van der Waals surface area contributed by atoms with E-state index in [4.69, 9.17) is 9.47 Å². The molecule has 0 saturated carbocycles. The summed E-state index contributed by atoms with van der Waals surface area (Å²) >= 11 is 1.28. The molecule has 0 spiro atoms. The molecule has 1 aromatic heterocycles. The van der Waals surface area contributed by atoms with E-state index in [1.54, 1.807) is 25.1 Å². The minimum Gasteiger partial charge on any atom is -0.486 e. The van der Waals surface area contributed by atoms with Gasteiger partial charge >= 0.3 is 0 Å². The van der Waals surface area contributed by atoms with Gasteiger partial charge in [0.1, 0.15) is 13.2 Å². The summed E-state index contributed by atoms with van der Waals surface area (Å²) in [7, 11) is -3.51. The summed E-state index contributed by atoms with van der Waals surface area (Å²) in [6.45, 7) is 2.52. The number of anilines is 1. The molecule has 1 aliphatic rings. The number of nitrogens with one attached hydrogen (secondary N) is 1. The van der Waals surface area contributed by atoms with Gasteiger partial charge in [-0.3, -0.25) is 10.1 Å². The lowest BCUT2D eigenvalue weighted by Gasteiger charge is -2.17. The number of rotatable bonds is 4. The highest BCUT2D eigenvalue weighted by molar-refractivity contribution is 7.91. The van der Waals surface area contributed by atoms with Crippen molar-refractivity contribution in [2.24, 2.45) is 0 Å². The molecule has 0 bridgehead atoms. The number of amides is 1. The number of nitrogens with zero attached hydrogens (tertiary/aromatic N) is 1. The van der Waals surface area contributed by atoms with Gasteiger partial charge in [-0.05, 0) is 12.1 Å². The van der Waals surface area contributed by atoms with Crippen molar-refractivity contribution in [1.29, 1.82) is 0 Å². The Balaban J connectivity index is 1.66. The van der Waals surface area contributed by atoms with Crippen molar-refractivity contribution in [1.82, 2.24) is 4.98 Å². The Morgan fingerprint density at radius 1 is 1.19 bits per heavy atom. The van der Waals surface area contributed by atoms with Crippen molar-refractivity contribution < 1.29 is 22.7 Å². The van der Waals surface area contributed by atoms with Crippen molar-refractivity contribution >= 4 is 42.4 Å². The van der Waals surface area contributed by atoms with Gasteiger partial charge in [-0.25, -0.2) is 13.4 Å². The quantitative estimate of drug-likeness (QED) is 0.718. The van der Waals surface area contributed by atoms with Crippen LogP contribution in [-0.4, -0.2) is 38.3 Å². The number of ether oxygens (including phenoxy) is 2. The topological polar surface area (TPSA) is 94.6 Å². The predicted molar refractivity (Wildman–Crippen MR) is 103 cm³/mol. The molecule has 0 saturated heterocycles. The lowest BCUT2D eigenvalue weighted by atomic mass is 10.2. The van der Waals surface area contributed by atoms with Gasteiger partial charge in [0, 0.05) is 12.1 Å². The van der Waals surface area contributed by atoms with Gasteiger partial charge in [0.25, 0.3) is 5.91 Å². The Morgan fingerprint density at radius 2 is 1.89 bits per heavy atom. The van der Waals surface area contributed by atoms with Crippen LogP contribution in [0, 0.1) is 0 Å².